The Morgan fingerprint density at radius 1 is 1.00 bits per heavy atom. The van der Waals surface area contributed by atoms with Crippen LogP contribution in [0.3, 0.4) is 0 Å². The minimum Gasteiger partial charge on any atom is -0.482 e. The van der Waals surface area contributed by atoms with Crippen molar-refractivity contribution in [2.45, 2.75) is 0 Å². The molecule has 0 fully saturated rings. The molecular weight excluding hydrogens is 385 g/mol. The van der Waals surface area contributed by atoms with Crippen LogP contribution in [-0.2, 0) is 4.79 Å². The van der Waals surface area contributed by atoms with Crippen LogP contribution in [0.2, 0.25) is 10.0 Å². The highest BCUT2D eigenvalue weighted by molar-refractivity contribution is 6.35. The number of amides is 1. The number of pyridine rings is 1. The van der Waals surface area contributed by atoms with Gasteiger partial charge in [0.2, 0.25) is 0 Å². The van der Waals surface area contributed by atoms with E-state index >= 15 is 0 Å². The lowest BCUT2D eigenvalue weighted by molar-refractivity contribution is -0.123. The zero-order valence-electron chi connectivity index (χ0n) is 14.1. The first-order valence-corrected chi connectivity index (χ1v) is 8.79. The second kappa shape index (κ2) is 9.16. The number of hydrogen-bond donors (Lipinski definition) is 1. The molecule has 0 aliphatic rings. The standard InChI is InChI=1S/C20H15Cl2N3O2/c21-16-6-7-18(17(22)12-16)27-13-19(26)24-25-20(14-4-2-1-3-5-14)15-8-10-23-11-9-15/h1-12H,13H2,(H,24,26). The third-order valence-electron chi connectivity index (χ3n) is 3.55. The molecule has 1 N–H and O–H groups in total. The van der Waals surface area contributed by atoms with Crippen molar-refractivity contribution in [2.75, 3.05) is 6.61 Å². The average Bonchev–Trinajstić information content (AvgIpc) is 2.69. The first-order chi connectivity index (χ1) is 13.1. The molecule has 0 aliphatic carbocycles. The van der Waals surface area contributed by atoms with Crippen molar-refractivity contribution in [2.24, 2.45) is 5.10 Å². The monoisotopic (exact) mass is 399 g/mol. The summed E-state index contributed by atoms with van der Waals surface area (Å²) in [6, 6.07) is 18.0. The first-order valence-electron chi connectivity index (χ1n) is 8.03. The second-order valence-corrected chi connectivity index (χ2v) is 6.30. The van der Waals surface area contributed by atoms with E-state index in [4.69, 9.17) is 27.9 Å². The lowest BCUT2D eigenvalue weighted by Gasteiger charge is -2.09. The van der Waals surface area contributed by atoms with E-state index in [-0.39, 0.29) is 6.61 Å². The number of ether oxygens (including phenoxy) is 1. The molecule has 3 rings (SSSR count). The van der Waals surface area contributed by atoms with Crippen molar-refractivity contribution in [3.05, 3.63) is 94.2 Å². The van der Waals surface area contributed by atoms with E-state index in [1.165, 1.54) is 0 Å². The van der Waals surface area contributed by atoms with Crippen molar-refractivity contribution in [1.29, 1.82) is 0 Å². The fourth-order valence-electron chi connectivity index (χ4n) is 2.29. The fraction of sp³-hybridized carbons (Fsp3) is 0.0500. The minimum absolute atomic E-state index is 0.233. The Bertz CT molecular complexity index is 906. The van der Waals surface area contributed by atoms with E-state index < -0.39 is 5.91 Å². The van der Waals surface area contributed by atoms with Gasteiger partial charge in [0.1, 0.15) is 5.75 Å². The van der Waals surface area contributed by atoms with Crippen LogP contribution in [0, 0.1) is 0 Å². The van der Waals surface area contributed by atoms with Gasteiger partial charge in [-0.2, -0.15) is 5.10 Å². The Hall–Kier alpha value is -2.89. The van der Waals surface area contributed by atoms with Crippen molar-refractivity contribution in [3.8, 4) is 5.75 Å². The highest BCUT2D eigenvalue weighted by Gasteiger charge is 2.09. The maximum atomic E-state index is 12.1. The maximum absolute atomic E-state index is 12.1. The number of nitrogens with zero attached hydrogens (tertiary/aromatic N) is 2. The molecule has 0 atom stereocenters. The SMILES string of the molecule is O=C(COc1ccc(Cl)cc1Cl)NN=C(c1ccccc1)c1ccncc1. The summed E-state index contributed by atoms with van der Waals surface area (Å²) in [5, 5.41) is 5.09. The highest BCUT2D eigenvalue weighted by atomic mass is 35.5. The van der Waals surface area contributed by atoms with Crippen molar-refractivity contribution in [3.63, 3.8) is 0 Å². The van der Waals surface area contributed by atoms with E-state index in [0.29, 0.717) is 21.5 Å². The van der Waals surface area contributed by atoms with Crippen molar-refractivity contribution in [1.82, 2.24) is 10.4 Å². The smallest absolute Gasteiger partial charge is 0.277 e. The Morgan fingerprint density at radius 3 is 2.41 bits per heavy atom. The predicted molar refractivity (Wildman–Crippen MR) is 106 cm³/mol. The summed E-state index contributed by atoms with van der Waals surface area (Å²) in [5.41, 5.74) is 4.83. The van der Waals surface area contributed by atoms with Crippen LogP contribution < -0.4 is 10.2 Å². The van der Waals surface area contributed by atoms with Gasteiger partial charge in [0, 0.05) is 28.5 Å². The van der Waals surface area contributed by atoms with E-state index in [2.05, 4.69) is 15.5 Å². The third-order valence-corrected chi connectivity index (χ3v) is 4.08. The fourth-order valence-corrected chi connectivity index (χ4v) is 2.75. The Kier molecular flexibility index (Phi) is 6.41. The summed E-state index contributed by atoms with van der Waals surface area (Å²) < 4.78 is 5.42. The van der Waals surface area contributed by atoms with Gasteiger partial charge in [-0.3, -0.25) is 9.78 Å². The molecule has 0 saturated carbocycles. The van der Waals surface area contributed by atoms with E-state index in [9.17, 15) is 4.79 Å². The van der Waals surface area contributed by atoms with Gasteiger partial charge in [-0.1, -0.05) is 53.5 Å². The van der Waals surface area contributed by atoms with Gasteiger partial charge >= 0.3 is 0 Å². The van der Waals surface area contributed by atoms with Crippen molar-refractivity contribution < 1.29 is 9.53 Å². The Balaban J connectivity index is 1.71. The molecule has 1 amide bonds. The lowest BCUT2D eigenvalue weighted by Crippen LogP contribution is -2.26. The van der Waals surface area contributed by atoms with E-state index in [1.807, 2.05) is 42.5 Å². The zero-order chi connectivity index (χ0) is 19.1. The van der Waals surface area contributed by atoms with Gasteiger partial charge in [0.25, 0.3) is 5.91 Å². The topological polar surface area (TPSA) is 63.6 Å². The van der Waals surface area contributed by atoms with Crippen molar-refractivity contribution >= 4 is 34.8 Å². The molecule has 1 aromatic heterocycles. The number of benzene rings is 2. The van der Waals surface area contributed by atoms with Crippen LogP contribution in [0.1, 0.15) is 11.1 Å². The number of carbonyl (C=O) groups excluding carboxylic acids is 1. The average molecular weight is 400 g/mol. The Labute approximate surface area is 166 Å². The quantitative estimate of drug-likeness (QED) is 0.495. The molecule has 0 radical (unpaired) electrons. The van der Waals surface area contributed by atoms with E-state index in [1.54, 1.807) is 30.6 Å². The van der Waals surface area contributed by atoms with Gasteiger partial charge in [0.05, 0.1) is 10.7 Å². The molecule has 0 bridgehead atoms. The van der Waals surface area contributed by atoms with Crippen LogP contribution in [-0.4, -0.2) is 23.2 Å². The number of carbonyl (C=O) groups is 1. The molecule has 0 aliphatic heterocycles. The number of nitrogens with one attached hydrogen (secondary N) is 1. The third kappa shape index (κ3) is 5.29. The van der Waals surface area contributed by atoms with Gasteiger partial charge in [-0.15, -0.1) is 0 Å². The molecule has 136 valence electrons. The summed E-state index contributed by atoms with van der Waals surface area (Å²) in [6.45, 7) is -0.233. The molecule has 0 unspecified atom stereocenters. The summed E-state index contributed by atoms with van der Waals surface area (Å²) in [4.78, 5) is 16.1. The van der Waals surface area contributed by atoms with Gasteiger partial charge < -0.3 is 4.74 Å². The molecule has 2 aromatic carbocycles. The normalized spacial score (nSPS) is 11.1. The predicted octanol–water partition coefficient (Wildman–Crippen LogP) is 4.34. The summed E-state index contributed by atoms with van der Waals surface area (Å²) in [7, 11) is 0. The first kappa shape index (κ1) is 18.9. The number of halogens is 2. The van der Waals surface area contributed by atoms with Gasteiger partial charge in [-0.05, 0) is 30.3 Å². The second-order valence-electron chi connectivity index (χ2n) is 5.46. The molecule has 1 heterocycles. The molecule has 0 spiro atoms. The molecular formula is C20H15Cl2N3O2. The van der Waals surface area contributed by atoms with Crippen LogP contribution in [0.25, 0.3) is 0 Å². The number of hydrazone groups is 1. The highest BCUT2D eigenvalue weighted by Crippen LogP contribution is 2.27. The molecule has 7 heteroatoms. The Morgan fingerprint density at radius 2 is 1.70 bits per heavy atom. The van der Waals surface area contributed by atoms with Crippen LogP contribution in [0.15, 0.2) is 78.2 Å². The molecule has 3 aromatic rings. The van der Waals surface area contributed by atoms with Gasteiger partial charge in [-0.25, -0.2) is 5.43 Å². The van der Waals surface area contributed by atoms with E-state index in [0.717, 1.165) is 11.1 Å². The summed E-state index contributed by atoms with van der Waals surface area (Å²) in [5.74, 6) is -0.0406. The molecule has 0 saturated heterocycles. The largest absolute Gasteiger partial charge is 0.482 e. The number of hydrogen-bond acceptors (Lipinski definition) is 4. The minimum atomic E-state index is -0.413. The maximum Gasteiger partial charge on any atom is 0.277 e. The van der Waals surface area contributed by atoms with Crippen LogP contribution >= 0.6 is 23.2 Å². The zero-order valence-corrected chi connectivity index (χ0v) is 15.6. The molecule has 5 nitrogen and oxygen atoms in total. The summed E-state index contributed by atoms with van der Waals surface area (Å²) >= 11 is 11.9. The lowest BCUT2D eigenvalue weighted by atomic mass is 10.0. The van der Waals surface area contributed by atoms with Gasteiger partial charge in [0.15, 0.2) is 6.61 Å². The molecule has 27 heavy (non-hydrogen) atoms. The van der Waals surface area contributed by atoms with Crippen LogP contribution in [0.4, 0.5) is 0 Å². The number of aromatic nitrogens is 1. The van der Waals surface area contributed by atoms with Crippen LogP contribution in [0.5, 0.6) is 5.75 Å². The summed E-state index contributed by atoms with van der Waals surface area (Å²) in [6.07, 6.45) is 3.34. The number of rotatable bonds is 6.